The molecule has 0 bridgehead atoms. The van der Waals surface area contributed by atoms with Crippen molar-refractivity contribution in [2.45, 2.75) is 32.9 Å². The number of hydrogen-bond acceptors (Lipinski definition) is 2. The zero-order valence-corrected chi connectivity index (χ0v) is 9.09. The van der Waals surface area contributed by atoms with E-state index in [1.54, 1.807) is 12.5 Å². The summed E-state index contributed by atoms with van der Waals surface area (Å²) in [5.74, 6) is 0.841. The van der Waals surface area contributed by atoms with E-state index >= 15 is 0 Å². The maximum Gasteiger partial charge on any atom is 0.224 e. The molecule has 15 heavy (non-hydrogen) atoms. The van der Waals surface area contributed by atoms with Gasteiger partial charge in [0.2, 0.25) is 5.91 Å². The number of likely N-dealkylation sites (tertiary alicyclic amines) is 1. The summed E-state index contributed by atoms with van der Waals surface area (Å²) in [5, 5.41) is 0. The molecule has 1 aromatic rings. The van der Waals surface area contributed by atoms with Crippen LogP contribution in [0.5, 0.6) is 0 Å². The van der Waals surface area contributed by atoms with Crippen LogP contribution in [-0.4, -0.2) is 26.9 Å². The minimum absolute atomic E-state index is 0.280. The van der Waals surface area contributed by atoms with Gasteiger partial charge in [-0.1, -0.05) is 13.3 Å². The molecule has 0 aromatic carbocycles. The second-order valence-corrected chi connectivity index (χ2v) is 4.19. The van der Waals surface area contributed by atoms with Crippen molar-refractivity contribution in [3.05, 3.63) is 18.7 Å². The Morgan fingerprint density at radius 1 is 1.60 bits per heavy atom. The van der Waals surface area contributed by atoms with E-state index in [1.165, 1.54) is 0 Å². The highest BCUT2D eigenvalue weighted by Crippen LogP contribution is 2.22. The van der Waals surface area contributed by atoms with E-state index in [-0.39, 0.29) is 5.91 Å². The summed E-state index contributed by atoms with van der Waals surface area (Å²) in [6.45, 7) is 3.73. The first-order valence-electron chi connectivity index (χ1n) is 5.53. The summed E-state index contributed by atoms with van der Waals surface area (Å²) >= 11 is 0. The van der Waals surface area contributed by atoms with Gasteiger partial charge in [-0.2, -0.15) is 0 Å². The van der Waals surface area contributed by atoms with Gasteiger partial charge in [0.1, 0.15) is 0 Å². The molecule has 1 atom stereocenters. The van der Waals surface area contributed by atoms with Crippen LogP contribution in [0.25, 0.3) is 0 Å². The lowest BCUT2D eigenvalue weighted by Gasteiger charge is -2.16. The highest BCUT2D eigenvalue weighted by Gasteiger charge is 2.28. The van der Waals surface area contributed by atoms with Gasteiger partial charge in [0, 0.05) is 25.4 Å². The molecule has 0 N–H and O–H groups in total. The summed E-state index contributed by atoms with van der Waals surface area (Å²) in [4.78, 5) is 17.6. The molecule has 0 saturated carbocycles. The van der Waals surface area contributed by atoms with Crippen LogP contribution in [0.2, 0.25) is 0 Å². The molecule has 1 aromatic heterocycles. The van der Waals surface area contributed by atoms with Gasteiger partial charge in [0.15, 0.2) is 0 Å². The zero-order chi connectivity index (χ0) is 10.7. The van der Waals surface area contributed by atoms with E-state index in [9.17, 15) is 4.79 Å². The lowest BCUT2D eigenvalue weighted by atomic mass is 10.0. The van der Waals surface area contributed by atoms with Gasteiger partial charge in [-0.05, 0) is 12.3 Å². The third kappa shape index (κ3) is 2.37. The zero-order valence-electron chi connectivity index (χ0n) is 9.09. The fraction of sp³-hybridized carbons (Fsp3) is 0.636. The summed E-state index contributed by atoms with van der Waals surface area (Å²) in [5.41, 5.74) is 0. The molecular formula is C11H17N3O. The maximum atomic E-state index is 11.7. The van der Waals surface area contributed by atoms with Gasteiger partial charge in [-0.15, -0.1) is 0 Å². The fourth-order valence-electron chi connectivity index (χ4n) is 2.16. The first-order valence-corrected chi connectivity index (χ1v) is 5.53. The second kappa shape index (κ2) is 4.47. The molecule has 1 fully saturated rings. The van der Waals surface area contributed by atoms with E-state index in [4.69, 9.17) is 0 Å². The number of hydrogen-bond donors (Lipinski definition) is 0. The molecule has 1 amide bonds. The first kappa shape index (κ1) is 10.2. The molecule has 4 heteroatoms. The van der Waals surface area contributed by atoms with Crippen LogP contribution in [0.15, 0.2) is 18.7 Å². The quantitative estimate of drug-likeness (QED) is 0.750. The first-order chi connectivity index (χ1) is 7.29. The van der Waals surface area contributed by atoms with Crippen LogP contribution in [0.4, 0.5) is 0 Å². The van der Waals surface area contributed by atoms with Gasteiger partial charge >= 0.3 is 0 Å². The third-order valence-electron chi connectivity index (χ3n) is 2.88. The number of nitrogens with zero attached hydrogens (tertiary/aromatic N) is 3. The SMILES string of the molecule is CCCC1CC(=O)N(Cn2ccnc2)C1. The molecule has 1 aliphatic heterocycles. The Balaban J connectivity index is 1.91. The topological polar surface area (TPSA) is 38.1 Å². The van der Waals surface area contributed by atoms with Crippen LogP contribution in [0.3, 0.4) is 0 Å². The van der Waals surface area contributed by atoms with Crippen molar-refractivity contribution in [1.29, 1.82) is 0 Å². The van der Waals surface area contributed by atoms with E-state index in [1.807, 2.05) is 15.7 Å². The van der Waals surface area contributed by atoms with Crippen molar-refractivity contribution < 1.29 is 4.79 Å². The molecule has 0 aliphatic carbocycles. The van der Waals surface area contributed by atoms with E-state index < -0.39 is 0 Å². The van der Waals surface area contributed by atoms with Crippen molar-refractivity contribution in [2.75, 3.05) is 6.54 Å². The van der Waals surface area contributed by atoms with Gasteiger partial charge in [-0.3, -0.25) is 4.79 Å². The number of aromatic nitrogens is 2. The van der Waals surface area contributed by atoms with E-state index in [0.29, 0.717) is 12.6 Å². The van der Waals surface area contributed by atoms with Gasteiger partial charge in [0.25, 0.3) is 0 Å². The Hall–Kier alpha value is -1.32. The molecule has 1 unspecified atom stereocenters. The Kier molecular flexibility index (Phi) is 3.04. The average molecular weight is 207 g/mol. The molecule has 2 heterocycles. The second-order valence-electron chi connectivity index (χ2n) is 4.19. The third-order valence-corrected chi connectivity index (χ3v) is 2.88. The van der Waals surface area contributed by atoms with Crippen molar-refractivity contribution in [3.63, 3.8) is 0 Å². The summed E-state index contributed by atoms with van der Waals surface area (Å²) in [7, 11) is 0. The summed E-state index contributed by atoms with van der Waals surface area (Å²) in [6.07, 6.45) is 8.43. The number of imidazole rings is 1. The lowest BCUT2D eigenvalue weighted by Crippen LogP contribution is -2.27. The minimum atomic E-state index is 0.280. The van der Waals surface area contributed by atoms with E-state index in [0.717, 1.165) is 25.8 Å². The largest absolute Gasteiger partial charge is 0.324 e. The molecule has 4 nitrogen and oxygen atoms in total. The van der Waals surface area contributed by atoms with Crippen molar-refractivity contribution in [2.24, 2.45) is 5.92 Å². The number of amides is 1. The Bertz CT molecular complexity index is 321. The highest BCUT2D eigenvalue weighted by atomic mass is 16.2. The Labute approximate surface area is 89.9 Å². The smallest absolute Gasteiger partial charge is 0.224 e. The minimum Gasteiger partial charge on any atom is -0.324 e. The number of carbonyl (C=O) groups excluding carboxylic acids is 1. The standard InChI is InChI=1S/C11H17N3O/c1-2-3-10-6-11(15)14(7-10)9-13-5-4-12-8-13/h4-5,8,10H,2-3,6-7,9H2,1H3. The van der Waals surface area contributed by atoms with Crippen molar-refractivity contribution in [1.82, 2.24) is 14.5 Å². The predicted octanol–water partition coefficient (Wildman–Crippen LogP) is 1.49. The molecule has 2 rings (SSSR count). The molecular weight excluding hydrogens is 190 g/mol. The van der Waals surface area contributed by atoms with Crippen LogP contribution < -0.4 is 0 Å². The Morgan fingerprint density at radius 3 is 3.13 bits per heavy atom. The van der Waals surface area contributed by atoms with Crippen LogP contribution in [-0.2, 0) is 11.5 Å². The monoisotopic (exact) mass is 207 g/mol. The number of carbonyl (C=O) groups is 1. The molecule has 0 spiro atoms. The van der Waals surface area contributed by atoms with Crippen LogP contribution in [0, 0.1) is 5.92 Å². The molecule has 1 aliphatic rings. The molecule has 0 radical (unpaired) electrons. The molecule has 1 saturated heterocycles. The normalized spacial score (nSPS) is 21.3. The Morgan fingerprint density at radius 2 is 2.47 bits per heavy atom. The number of rotatable bonds is 4. The van der Waals surface area contributed by atoms with Gasteiger partial charge < -0.3 is 9.47 Å². The fourth-order valence-corrected chi connectivity index (χ4v) is 2.16. The van der Waals surface area contributed by atoms with Crippen LogP contribution >= 0.6 is 0 Å². The predicted molar refractivity (Wildman–Crippen MR) is 57.0 cm³/mol. The summed E-state index contributed by atoms with van der Waals surface area (Å²) < 4.78 is 1.94. The van der Waals surface area contributed by atoms with E-state index in [2.05, 4.69) is 11.9 Å². The van der Waals surface area contributed by atoms with Crippen LogP contribution in [0.1, 0.15) is 26.2 Å². The average Bonchev–Trinajstić information content (AvgIpc) is 2.79. The van der Waals surface area contributed by atoms with Crippen molar-refractivity contribution >= 4 is 5.91 Å². The van der Waals surface area contributed by atoms with Gasteiger partial charge in [-0.25, -0.2) is 4.98 Å². The molecule has 82 valence electrons. The van der Waals surface area contributed by atoms with Crippen molar-refractivity contribution in [3.8, 4) is 0 Å². The lowest BCUT2D eigenvalue weighted by molar-refractivity contribution is -0.129. The highest BCUT2D eigenvalue weighted by molar-refractivity contribution is 5.78. The van der Waals surface area contributed by atoms with Gasteiger partial charge in [0.05, 0.1) is 13.0 Å². The maximum absolute atomic E-state index is 11.7. The summed E-state index contributed by atoms with van der Waals surface area (Å²) in [6, 6.07) is 0.